The lowest BCUT2D eigenvalue weighted by molar-refractivity contribution is -0.136. The molecule has 2 unspecified atom stereocenters. The van der Waals surface area contributed by atoms with Crippen LogP contribution in [0.15, 0.2) is 66.8 Å². The van der Waals surface area contributed by atoms with Gasteiger partial charge in [-0.05, 0) is 70.1 Å². The molecule has 1 aliphatic carbocycles. The number of carboxylic acid groups (broad SMARTS) is 1. The van der Waals surface area contributed by atoms with Gasteiger partial charge in [0.05, 0.1) is 41.9 Å². The average Bonchev–Trinajstić information content (AvgIpc) is 3.50. The van der Waals surface area contributed by atoms with E-state index >= 15 is 0 Å². The summed E-state index contributed by atoms with van der Waals surface area (Å²) in [6.45, 7) is 15.6. The number of anilines is 2. The van der Waals surface area contributed by atoms with Crippen molar-refractivity contribution in [1.29, 1.82) is 0 Å². The number of carbonyl (C=O) groups is 5. The number of benzene rings is 2. The van der Waals surface area contributed by atoms with E-state index in [1.54, 1.807) is 31.1 Å². The topological polar surface area (TPSA) is 203 Å². The molecule has 2 aliphatic rings. The Bertz CT molecular complexity index is 2090. The highest BCUT2D eigenvalue weighted by molar-refractivity contribution is 7.51. The van der Waals surface area contributed by atoms with E-state index in [1.165, 1.54) is 11.0 Å². The number of hydrogen-bond donors (Lipinski definition) is 4. The van der Waals surface area contributed by atoms with Gasteiger partial charge in [0, 0.05) is 37.4 Å². The van der Waals surface area contributed by atoms with Gasteiger partial charge < -0.3 is 34.2 Å². The molecule has 0 fully saturated rings. The number of para-hydroxylation sites is 1. The van der Waals surface area contributed by atoms with E-state index in [4.69, 9.17) is 77.2 Å². The van der Waals surface area contributed by atoms with E-state index in [-0.39, 0.29) is 40.2 Å². The number of alkyl halides is 3. The third-order valence-corrected chi connectivity index (χ3v) is 10.7. The Morgan fingerprint density at radius 3 is 2.09 bits per heavy atom. The highest BCUT2D eigenvalue weighted by atomic mass is 35.5. The summed E-state index contributed by atoms with van der Waals surface area (Å²) < 4.78 is 35.1. The molecule has 358 valence electrons. The summed E-state index contributed by atoms with van der Waals surface area (Å²) in [5.41, 5.74) is 4.02. The van der Waals surface area contributed by atoms with Gasteiger partial charge >= 0.3 is 13.6 Å². The van der Waals surface area contributed by atoms with E-state index < -0.39 is 55.0 Å². The number of carbonyl (C=O) groups excluding carboxylic acids is 4. The summed E-state index contributed by atoms with van der Waals surface area (Å²) in [5, 5.41) is 10.1. The second-order valence-corrected chi connectivity index (χ2v) is 17.6. The van der Waals surface area contributed by atoms with Gasteiger partial charge in [-0.1, -0.05) is 78.0 Å². The number of aryl methyl sites for hydroxylation is 2. The first-order valence-corrected chi connectivity index (χ1v) is 23.6. The lowest BCUT2D eigenvalue weighted by Crippen LogP contribution is -2.43. The molecule has 0 spiro atoms. The molecule has 65 heavy (non-hydrogen) atoms. The number of hydrogen-bond acceptors (Lipinski definition) is 9. The Kier molecular flexibility index (Phi) is 26.6. The average molecular weight is 1010 g/mol. The molecule has 0 aromatic heterocycles. The van der Waals surface area contributed by atoms with Crippen LogP contribution in [-0.2, 0) is 39.7 Å². The summed E-state index contributed by atoms with van der Waals surface area (Å²) >= 11 is 22.5. The second-order valence-electron chi connectivity index (χ2n) is 14.2. The molecule has 0 radical (unpaired) electrons. The fourth-order valence-electron chi connectivity index (χ4n) is 6.30. The van der Waals surface area contributed by atoms with E-state index in [2.05, 4.69) is 37.4 Å². The van der Waals surface area contributed by atoms with E-state index in [1.807, 2.05) is 26.0 Å². The normalized spacial score (nSPS) is 13.9. The number of ether oxygens (including phenoxy) is 2. The van der Waals surface area contributed by atoms with Crippen LogP contribution in [-0.4, -0.2) is 112 Å². The van der Waals surface area contributed by atoms with Crippen molar-refractivity contribution in [3.63, 3.8) is 0 Å². The fraction of sp³-hybridized carbons (Fsp3) is 0.432. The van der Waals surface area contributed by atoms with Crippen LogP contribution in [0, 0.1) is 25.1 Å². The Balaban J connectivity index is 0.000000461. The summed E-state index contributed by atoms with van der Waals surface area (Å²) in [7, 11) is -2.46. The molecule has 2 atom stereocenters. The molecule has 4 N–H and O–H groups in total. The van der Waals surface area contributed by atoms with Gasteiger partial charge in [0.1, 0.15) is 17.4 Å². The SMILES string of the molecule is C#CC(C)Oc1cc(N2C(=O)C3=C(CCCC3)C2=O)c(F)cc1Cl.C=CCN(CC=C)C(=O)C(Cl)Cl.CCc1cccc(C)c1N(C(=O)CCl)C(C)COC.O=C(O)CNCP(=O)(O)O. The van der Waals surface area contributed by atoms with Gasteiger partial charge in [-0.15, -0.1) is 31.2 Å². The van der Waals surface area contributed by atoms with Crippen molar-refractivity contribution in [2.45, 2.75) is 76.8 Å². The molecule has 0 bridgehead atoms. The zero-order chi connectivity index (χ0) is 49.6. The van der Waals surface area contributed by atoms with Crippen molar-refractivity contribution >= 4 is 95.0 Å². The molecule has 4 amide bonds. The largest absolute Gasteiger partial charge is 0.480 e. The van der Waals surface area contributed by atoms with Crippen LogP contribution in [0.25, 0.3) is 0 Å². The third kappa shape index (κ3) is 18.9. The number of nitrogens with zero attached hydrogens (tertiary/aromatic N) is 3. The summed E-state index contributed by atoms with van der Waals surface area (Å²) in [6.07, 6.45) is 11.0. The second kappa shape index (κ2) is 29.4. The van der Waals surface area contributed by atoms with Crippen LogP contribution < -0.4 is 19.9 Å². The molecular weight excluding hydrogens is 952 g/mol. The molecule has 0 saturated heterocycles. The minimum atomic E-state index is -4.10. The maximum Gasteiger partial charge on any atom is 0.339 e. The quantitative estimate of drug-likeness (QED) is 0.0376. The summed E-state index contributed by atoms with van der Waals surface area (Å²) in [4.78, 5) is 77.7. The first-order chi connectivity index (χ1) is 30.5. The number of amides is 4. The van der Waals surface area contributed by atoms with Crippen LogP contribution in [0.2, 0.25) is 5.02 Å². The number of carboxylic acids is 1. The minimum absolute atomic E-state index is 0.0223. The Hall–Kier alpha value is -4.27. The van der Waals surface area contributed by atoms with Gasteiger partial charge in [0.25, 0.3) is 17.7 Å². The Labute approximate surface area is 399 Å². The molecule has 2 aromatic carbocycles. The molecule has 21 heteroatoms. The van der Waals surface area contributed by atoms with Crippen molar-refractivity contribution < 1.29 is 57.3 Å². The molecule has 15 nitrogen and oxygen atoms in total. The summed E-state index contributed by atoms with van der Waals surface area (Å²) in [6, 6.07) is 8.32. The molecule has 4 rings (SSSR count). The third-order valence-electron chi connectivity index (χ3n) is 9.14. The van der Waals surface area contributed by atoms with Crippen molar-refractivity contribution in [3.8, 4) is 18.1 Å². The monoisotopic (exact) mass is 1010 g/mol. The number of rotatable bonds is 18. The smallest absolute Gasteiger partial charge is 0.339 e. The maximum atomic E-state index is 14.4. The first-order valence-electron chi connectivity index (χ1n) is 20.0. The lowest BCUT2D eigenvalue weighted by Gasteiger charge is -2.31. The van der Waals surface area contributed by atoms with Gasteiger partial charge in [-0.3, -0.25) is 33.9 Å². The Morgan fingerprint density at radius 2 is 1.65 bits per heavy atom. The van der Waals surface area contributed by atoms with Gasteiger partial charge in [0.2, 0.25) is 5.91 Å². The number of nitrogens with one attached hydrogen (secondary N) is 1. The predicted octanol–water partition coefficient (Wildman–Crippen LogP) is 7.57. The highest BCUT2D eigenvalue weighted by Crippen LogP contribution is 2.40. The van der Waals surface area contributed by atoms with Crippen molar-refractivity contribution in [2.75, 3.05) is 55.3 Å². The summed E-state index contributed by atoms with van der Waals surface area (Å²) in [5.74, 6) is -0.769. The molecule has 0 saturated carbocycles. The molecular formula is C44H56Cl4FN4O11P. The fourth-order valence-corrected chi connectivity index (χ4v) is 7.30. The van der Waals surface area contributed by atoms with Crippen molar-refractivity contribution in [3.05, 3.63) is 88.8 Å². The van der Waals surface area contributed by atoms with E-state index in [9.17, 15) is 32.9 Å². The number of halogens is 5. The van der Waals surface area contributed by atoms with Crippen LogP contribution in [0.4, 0.5) is 15.8 Å². The molecule has 2 aromatic rings. The van der Waals surface area contributed by atoms with Crippen molar-refractivity contribution in [2.24, 2.45) is 0 Å². The zero-order valence-electron chi connectivity index (χ0n) is 36.8. The number of methoxy groups -OCH3 is 1. The van der Waals surface area contributed by atoms with Crippen LogP contribution in [0.1, 0.15) is 57.6 Å². The van der Waals surface area contributed by atoms with Crippen LogP contribution in [0.3, 0.4) is 0 Å². The van der Waals surface area contributed by atoms with Crippen LogP contribution in [0.5, 0.6) is 5.75 Å². The maximum absolute atomic E-state index is 14.4. The van der Waals surface area contributed by atoms with Crippen molar-refractivity contribution in [1.82, 2.24) is 10.2 Å². The number of terminal acetylenes is 1. The zero-order valence-corrected chi connectivity index (χ0v) is 40.7. The number of imide groups is 1. The molecule has 1 heterocycles. The van der Waals surface area contributed by atoms with E-state index in [0.29, 0.717) is 43.7 Å². The standard InChI is InChI=1S/C18H15ClFNO3.C15H22ClNO2.C8H11Cl2NO.C3H8NO5P/c1-3-10(2)24-16-9-15(14(20)8-13(16)19)21-17(22)11-6-4-5-7-12(11)18(21)23;1-5-13-8-6-7-11(2)15(13)17(14(18)9-16)12(3)10-19-4;1-3-5-11(6-4-2)8(12)7(9)10;5-3(6)1-4-2-10(7,8)9/h1,8-10H,4-7H2,2H3;6-8,12H,5,9-10H2,1-4H3;3-4,7H,1-2,5-6H2;4H,1-2H2,(H,5,6)(H2,7,8,9). The Morgan fingerprint density at radius 1 is 1.08 bits per heavy atom. The van der Waals surface area contributed by atoms with E-state index in [0.717, 1.165) is 47.0 Å². The van der Waals surface area contributed by atoms with Gasteiger partial charge in [-0.25, -0.2) is 9.29 Å². The highest BCUT2D eigenvalue weighted by Gasteiger charge is 2.41. The minimum Gasteiger partial charge on any atom is -0.480 e. The van der Waals surface area contributed by atoms with Gasteiger partial charge in [0.15, 0.2) is 10.9 Å². The van der Waals surface area contributed by atoms with Gasteiger partial charge in [-0.2, -0.15) is 0 Å². The van der Waals surface area contributed by atoms with Crippen LogP contribution >= 0.6 is 54.0 Å². The number of aliphatic carboxylic acids is 1. The predicted molar refractivity (Wildman–Crippen MR) is 253 cm³/mol. The molecule has 1 aliphatic heterocycles. The lowest BCUT2D eigenvalue weighted by atomic mass is 9.93. The first kappa shape index (κ1) is 58.7.